The first-order valence-electron chi connectivity index (χ1n) is 10.6. The highest BCUT2D eigenvalue weighted by atomic mass is 127. The normalized spacial score (nSPS) is 15.8. The first-order chi connectivity index (χ1) is 15.1. The van der Waals surface area contributed by atoms with Gasteiger partial charge in [0.15, 0.2) is 5.96 Å². The standard InChI is InChI=1S/C24H28FN5O.HI/c1-2-27-24(29-16-21-12-19(14-26)8-9-22(21)25)28-15-20-13-23(31)30(17-20)11-10-18-6-4-3-5-7-18;/h3-9,12,20H,2,10-11,13,15-17H2,1H3,(H2,27,28,29);1H. The smallest absolute Gasteiger partial charge is 0.223 e. The molecule has 1 fully saturated rings. The summed E-state index contributed by atoms with van der Waals surface area (Å²) in [6.07, 6.45) is 1.37. The highest BCUT2D eigenvalue weighted by molar-refractivity contribution is 14.0. The fourth-order valence-corrected chi connectivity index (χ4v) is 3.63. The average molecular weight is 549 g/mol. The van der Waals surface area contributed by atoms with E-state index in [2.05, 4.69) is 27.8 Å². The Morgan fingerprint density at radius 1 is 1.25 bits per heavy atom. The minimum Gasteiger partial charge on any atom is -0.357 e. The van der Waals surface area contributed by atoms with Gasteiger partial charge in [0.1, 0.15) is 5.82 Å². The second-order valence-electron chi connectivity index (χ2n) is 7.64. The van der Waals surface area contributed by atoms with Gasteiger partial charge in [-0.3, -0.25) is 4.79 Å². The third kappa shape index (κ3) is 7.48. The zero-order chi connectivity index (χ0) is 22.1. The third-order valence-electron chi connectivity index (χ3n) is 5.29. The van der Waals surface area contributed by atoms with Crippen molar-refractivity contribution in [2.75, 3.05) is 26.2 Å². The summed E-state index contributed by atoms with van der Waals surface area (Å²) in [5, 5.41) is 15.4. The van der Waals surface area contributed by atoms with E-state index in [4.69, 9.17) is 5.26 Å². The zero-order valence-electron chi connectivity index (χ0n) is 18.2. The SMILES string of the molecule is CCNC(=NCc1cc(C#N)ccc1F)NCC1CC(=O)N(CCc2ccccc2)C1.I. The van der Waals surface area contributed by atoms with Gasteiger partial charge >= 0.3 is 0 Å². The number of aliphatic imine (C=N–C) groups is 1. The summed E-state index contributed by atoms with van der Waals surface area (Å²) in [4.78, 5) is 18.7. The lowest BCUT2D eigenvalue weighted by molar-refractivity contribution is -0.127. The fourth-order valence-electron chi connectivity index (χ4n) is 3.63. The van der Waals surface area contributed by atoms with Gasteiger partial charge in [0, 0.05) is 44.1 Å². The number of halogens is 2. The van der Waals surface area contributed by atoms with Crippen molar-refractivity contribution in [2.45, 2.75) is 26.3 Å². The van der Waals surface area contributed by atoms with Crippen LogP contribution in [0.2, 0.25) is 0 Å². The van der Waals surface area contributed by atoms with Crippen molar-refractivity contribution >= 4 is 35.8 Å². The molecule has 2 N–H and O–H groups in total. The molecular weight excluding hydrogens is 520 g/mol. The fraction of sp³-hybridized carbons (Fsp3) is 0.375. The van der Waals surface area contributed by atoms with Gasteiger partial charge in [0.05, 0.1) is 18.2 Å². The summed E-state index contributed by atoms with van der Waals surface area (Å²) >= 11 is 0. The van der Waals surface area contributed by atoms with Crippen LogP contribution in [0.5, 0.6) is 0 Å². The van der Waals surface area contributed by atoms with Crippen molar-refractivity contribution < 1.29 is 9.18 Å². The van der Waals surface area contributed by atoms with Crippen LogP contribution in [0.3, 0.4) is 0 Å². The van der Waals surface area contributed by atoms with Crippen LogP contribution < -0.4 is 10.6 Å². The highest BCUT2D eigenvalue weighted by Crippen LogP contribution is 2.18. The molecule has 0 aliphatic carbocycles. The molecule has 1 aliphatic heterocycles. The zero-order valence-corrected chi connectivity index (χ0v) is 20.5. The van der Waals surface area contributed by atoms with Crippen LogP contribution in [-0.2, 0) is 17.8 Å². The number of benzene rings is 2. The van der Waals surface area contributed by atoms with Gasteiger partial charge in [-0.05, 0) is 37.1 Å². The van der Waals surface area contributed by atoms with E-state index < -0.39 is 0 Å². The molecule has 0 spiro atoms. The van der Waals surface area contributed by atoms with Gasteiger partial charge < -0.3 is 15.5 Å². The Labute approximate surface area is 205 Å². The van der Waals surface area contributed by atoms with Crippen LogP contribution in [0.25, 0.3) is 0 Å². The largest absolute Gasteiger partial charge is 0.357 e. The number of nitriles is 1. The Kier molecular flexibility index (Phi) is 10.4. The molecule has 1 heterocycles. The number of hydrogen-bond donors (Lipinski definition) is 2. The maximum absolute atomic E-state index is 14.0. The molecule has 170 valence electrons. The molecule has 1 atom stereocenters. The van der Waals surface area contributed by atoms with Crippen molar-refractivity contribution in [2.24, 2.45) is 10.9 Å². The van der Waals surface area contributed by atoms with E-state index in [0.29, 0.717) is 36.6 Å². The number of guanidine groups is 1. The molecule has 8 heteroatoms. The molecule has 6 nitrogen and oxygen atoms in total. The first-order valence-corrected chi connectivity index (χ1v) is 10.6. The van der Waals surface area contributed by atoms with E-state index in [1.165, 1.54) is 23.8 Å². The summed E-state index contributed by atoms with van der Waals surface area (Å²) in [5.74, 6) is 0.569. The monoisotopic (exact) mass is 549 g/mol. The van der Waals surface area contributed by atoms with E-state index in [0.717, 1.165) is 19.5 Å². The predicted molar refractivity (Wildman–Crippen MR) is 134 cm³/mol. The van der Waals surface area contributed by atoms with Crippen LogP contribution in [0.4, 0.5) is 4.39 Å². The number of rotatable bonds is 8. The number of likely N-dealkylation sites (tertiary alicyclic amines) is 1. The lowest BCUT2D eigenvalue weighted by Crippen LogP contribution is -2.40. The summed E-state index contributed by atoms with van der Waals surface area (Å²) < 4.78 is 14.0. The number of carbonyl (C=O) groups is 1. The molecule has 1 unspecified atom stereocenters. The van der Waals surface area contributed by atoms with E-state index in [1.54, 1.807) is 0 Å². The van der Waals surface area contributed by atoms with Gasteiger partial charge in [0.25, 0.3) is 0 Å². The third-order valence-corrected chi connectivity index (χ3v) is 5.29. The molecule has 0 aromatic heterocycles. The Morgan fingerprint density at radius 2 is 2.03 bits per heavy atom. The molecule has 1 saturated heterocycles. The molecule has 2 aromatic carbocycles. The maximum atomic E-state index is 14.0. The van der Waals surface area contributed by atoms with Crippen molar-refractivity contribution in [1.29, 1.82) is 5.26 Å². The molecule has 32 heavy (non-hydrogen) atoms. The number of nitrogens with one attached hydrogen (secondary N) is 2. The Hall–Kier alpha value is -2.67. The summed E-state index contributed by atoms with van der Waals surface area (Å²) in [6, 6.07) is 16.4. The van der Waals surface area contributed by atoms with Crippen LogP contribution >= 0.6 is 24.0 Å². The number of amides is 1. The summed E-state index contributed by atoms with van der Waals surface area (Å²) in [6.45, 7) is 4.81. The van der Waals surface area contributed by atoms with E-state index in [1.807, 2.05) is 36.1 Å². The van der Waals surface area contributed by atoms with Crippen molar-refractivity contribution in [3.63, 3.8) is 0 Å². The van der Waals surface area contributed by atoms with Crippen LogP contribution in [0.15, 0.2) is 53.5 Å². The number of carbonyl (C=O) groups excluding carboxylic acids is 1. The topological polar surface area (TPSA) is 80.5 Å². The Bertz CT molecular complexity index is 961. The molecule has 2 aromatic rings. The predicted octanol–water partition coefficient (Wildman–Crippen LogP) is 3.46. The Balaban J connectivity index is 0.00000363. The lowest BCUT2D eigenvalue weighted by Gasteiger charge is -2.18. The average Bonchev–Trinajstić information content (AvgIpc) is 3.15. The molecule has 0 radical (unpaired) electrons. The summed E-state index contributed by atoms with van der Waals surface area (Å²) in [5.41, 5.74) is 2.01. The van der Waals surface area contributed by atoms with E-state index in [9.17, 15) is 9.18 Å². The van der Waals surface area contributed by atoms with E-state index in [-0.39, 0.29) is 48.2 Å². The van der Waals surface area contributed by atoms with Gasteiger partial charge in [-0.1, -0.05) is 30.3 Å². The lowest BCUT2D eigenvalue weighted by atomic mass is 10.1. The summed E-state index contributed by atoms with van der Waals surface area (Å²) in [7, 11) is 0. The van der Waals surface area contributed by atoms with Gasteiger partial charge in [-0.25, -0.2) is 9.38 Å². The van der Waals surface area contributed by atoms with Crippen LogP contribution in [0, 0.1) is 23.1 Å². The maximum Gasteiger partial charge on any atom is 0.223 e. The number of hydrogen-bond acceptors (Lipinski definition) is 3. The van der Waals surface area contributed by atoms with Gasteiger partial charge in [0.2, 0.25) is 5.91 Å². The second-order valence-corrected chi connectivity index (χ2v) is 7.64. The quantitative estimate of drug-likeness (QED) is 0.301. The number of nitrogens with zero attached hydrogens (tertiary/aromatic N) is 3. The van der Waals surface area contributed by atoms with Crippen molar-refractivity contribution in [1.82, 2.24) is 15.5 Å². The van der Waals surface area contributed by atoms with Crippen molar-refractivity contribution in [3.8, 4) is 6.07 Å². The first kappa shape index (κ1) is 25.6. The Morgan fingerprint density at radius 3 is 2.75 bits per heavy atom. The highest BCUT2D eigenvalue weighted by Gasteiger charge is 2.29. The van der Waals surface area contributed by atoms with Crippen LogP contribution in [-0.4, -0.2) is 42.9 Å². The van der Waals surface area contributed by atoms with Crippen molar-refractivity contribution in [3.05, 3.63) is 71.0 Å². The minimum atomic E-state index is -0.381. The second kappa shape index (κ2) is 13.0. The molecule has 0 saturated carbocycles. The van der Waals surface area contributed by atoms with E-state index >= 15 is 0 Å². The van der Waals surface area contributed by atoms with Gasteiger partial charge in [-0.2, -0.15) is 5.26 Å². The molecule has 1 amide bonds. The molecule has 0 bridgehead atoms. The van der Waals surface area contributed by atoms with Crippen LogP contribution in [0.1, 0.15) is 30.0 Å². The molecule has 1 aliphatic rings. The molecule has 3 rings (SSSR count). The van der Waals surface area contributed by atoms with Gasteiger partial charge in [-0.15, -0.1) is 24.0 Å². The molecular formula is C24H29FIN5O. The minimum absolute atomic E-state index is 0.